The van der Waals surface area contributed by atoms with E-state index in [1.54, 1.807) is 14.0 Å². The summed E-state index contributed by atoms with van der Waals surface area (Å²) in [5.41, 5.74) is 0. The molecule has 0 aromatic carbocycles. The maximum Gasteiger partial charge on any atom is 0.330 e. The topological polar surface area (TPSA) is 58.6 Å². The largest absolute Gasteiger partial charge is 0.467 e. The summed E-state index contributed by atoms with van der Waals surface area (Å²) in [5, 5.41) is 2.52. The standard InChI is InChI=1S/C7H12N2O3/c1-4-5(6(10)12-3)8-7(11)9(4)2/h4-5H,1-3H3,(H,8,11). The molecule has 0 aromatic heterocycles. The first-order valence-corrected chi connectivity index (χ1v) is 3.69. The lowest BCUT2D eigenvalue weighted by Gasteiger charge is -2.16. The SMILES string of the molecule is COC(=O)C1NC(=O)N(C)C1C. The number of esters is 1. The molecule has 2 atom stereocenters. The first-order valence-electron chi connectivity index (χ1n) is 3.69. The van der Waals surface area contributed by atoms with E-state index in [9.17, 15) is 9.59 Å². The number of hydrogen-bond donors (Lipinski definition) is 1. The van der Waals surface area contributed by atoms with Crippen molar-refractivity contribution in [1.29, 1.82) is 0 Å². The molecule has 0 bridgehead atoms. The van der Waals surface area contributed by atoms with Gasteiger partial charge in [-0.05, 0) is 6.92 Å². The smallest absolute Gasteiger partial charge is 0.330 e. The van der Waals surface area contributed by atoms with Gasteiger partial charge in [0.15, 0.2) is 0 Å². The van der Waals surface area contributed by atoms with E-state index in [0.29, 0.717) is 0 Å². The van der Waals surface area contributed by atoms with Crippen molar-refractivity contribution in [2.45, 2.75) is 19.0 Å². The minimum absolute atomic E-state index is 0.148. The Bertz CT molecular complexity index is 217. The van der Waals surface area contributed by atoms with Crippen LogP contribution in [-0.4, -0.2) is 43.1 Å². The summed E-state index contributed by atoms with van der Waals surface area (Å²) >= 11 is 0. The Morgan fingerprint density at radius 3 is 2.58 bits per heavy atom. The number of ether oxygens (including phenoxy) is 1. The zero-order chi connectivity index (χ0) is 9.30. The molecule has 12 heavy (non-hydrogen) atoms. The fourth-order valence-corrected chi connectivity index (χ4v) is 1.15. The van der Waals surface area contributed by atoms with Crippen LogP contribution in [-0.2, 0) is 9.53 Å². The van der Waals surface area contributed by atoms with Crippen molar-refractivity contribution in [1.82, 2.24) is 10.2 Å². The highest BCUT2D eigenvalue weighted by atomic mass is 16.5. The summed E-state index contributed by atoms with van der Waals surface area (Å²) in [6, 6.07) is -0.921. The number of hydrogen-bond acceptors (Lipinski definition) is 3. The second kappa shape index (κ2) is 3.00. The van der Waals surface area contributed by atoms with Crippen LogP contribution >= 0.6 is 0 Å². The van der Waals surface area contributed by atoms with Gasteiger partial charge in [-0.1, -0.05) is 0 Å². The molecular weight excluding hydrogens is 160 g/mol. The van der Waals surface area contributed by atoms with Gasteiger partial charge in [0, 0.05) is 7.05 Å². The highest BCUT2D eigenvalue weighted by Crippen LogP contribution is 2.11. The van der Waals surface area contributed by atoms with Crippen LogP contribution in [0.1, 0.15) is 6.92 Å². The maximum atomic E-state index is 11.1. The number of urea groups is 1. The van der Waals surface area contributed by atoms with Crippen molar-refractivity contribution in [3.63, 3.8) is 0 Å². The predicted molar refractivity (Wildman–Crippen MR) is 41.6 cm³/mol. The van der Waals surface area contributed by atoms with E-state index < -0.39 is 12.0 Å². The van der Waals surface area contributed by atoms with Gasteiger partial charge in [-0.2, -0.15) is 0 Å². The van der Waals surface area contributed by atoms with Crippen molar-refractivity contribution in [2.24, 2.45) is 0 Å². The lowest BCUT2D eigenvalue weighted by atomic mass is 10.1. The van der Waals surface area contributed by atoms with Gasteiger partial charge in [0.25, 0.3) is 0 Å². The number of carbonyl (C=O) groups excluding carboxylic acids is 2. The lowest BCUT2D eigenvalue weighted by Crippen LogP contribution is -2.39. The maximum absolute atomic E-state index is 11.1. The number of nitrogens with zero attached hydrogens (tertiary/aromatic N) is 1. The van der Waals surface area contributed by atoms with Crippen LogP contribution in [0.25, 0.3) is 0 Å². The molecule has 0 spiro atoms. The van der Waals surface area contributed by atoms with Gasteiger partial charge in [0.2, 0.25) is 0 Å². The van der Waals surface area contributed by atoms with Gasteiger partial charge >= 0.3 is 12.0 Å². The first kappa shape index (κ1) is 8.83. The summed E-state index contributed by atoms with van der Waals surface area (Å²) < 4.78 is 4.52. The van der Waals surface area contributed by atoms with Crippen molar-refractivity contribution < 1.29 is 14.3 Å². The van der Waals surface area contributed by atoms with Gasteiger partial charge in [-0.15, -0.1) is 0 Å². The summed E-state index contributed by atoms with van der Waals surface area (Å²) in [7, 11) is 2.95. The second-order valence-electron chi connectivity index (χ2n) is 2.80. The molecule has 0 aromatic rings. The van der Waals surface area contributed by atoms with Gasteiger partial charge in [0.1, 0.15) is 6.04 Å². The minimum atomic E-state index is -0.535. The fourth-order valence-electron chi connectivity index (χ4n) is 1.15. The van der Waals surface area contributed by atoms with E-state index >= 15 is 0 Å². The highest BCUT2D eigenvalue weighted by molar-refractivity contribution is 5.88. The molecule has 0 radical (unpaired) electrons. The monoisotopic (exact) mass is 172 g/mol. The third-order valence-electron chi connectivity index (χ3n) is 2.15. The Morgan fingerprint density at radius 2 is 2.25 bits per heavy atom. The Morgan fingerprint density at radius 1 is 1.67 bits per heavy atom. The normalized spacial score (nSPS) is 28.6. The molecule has 1 N–H and O–H groups in total. The van der Waals surface area contributed by atoms with Crippen molar-refractivity contribution in [3.8, 4) is 0 Å². The summed E-state index contributed by atoms with van der Waals surface area (Å²) in [6.07, 6.45) is 0. The Kier molecular flexibility index (Phi) is 2.21. The summed E-state index contributed by atoms with van der Waals surface area (Å²) in [6.45, 7) is 1.79. The third-order valence-corrected chi connectivity index (χ3v) is 2.15. The third kappa shape index (κ3) is 1.22. The van der Waals surface area contributed by atoms with Crippen molar-refractivity contribution in [2.75, 3.05) is 14.2 Å². The number of likely N-dealkylation sites (N-methyl/N-ethyl adjacent to an activating group) is 1. The van der Waals surface area contributed by atoms with Crippen molar-refractivity contribution >= 4 is 12.0 Å². The number of rotatable bonds is 1. The van der Waals surface area contributed by atoms with Crippen LogP contribution in [0.15, 0.2) is 0 Å². The molecule has 1 fully saturated rings. The quantitative estimate of drug-likeness (QED) is 0.546. The molecule has 2 amide bonds. The average Bonchev–Trinajstić information content (AvgIpc) is 2.32. The molecule has 2 unspecified atom stereocenters. The molecule has 5 nitrogen and oxygen atoms in total. The molecular formula is C7H12N2O3. The van der Waals surface area contributed by atoms with Gasteiger partial charge < -0.3 is 15.0 Å². The van der Waals surface area contributed by atoms with Crippen LogP contribution in [0.3, 0.4) is 0 Å². The van der Waals surface area contributed by atoms with Crippen LogP contribution in [0.5, 0.6) is 0 Å². The van der Waals surface area contributed by atoms with E-state index in [2.05, 4.69) is 10.1 Å². The highest BCUT2D eigenvalue weighted by Gasteiger charge is 2.38. The molecule has 0 aliphatic carbocycles. The van der Waals surface area contributed by atoms with E-state index in [-0.39, 0.29) is 12.1 Å². The van der Waals surface area contributed by atoms with Crippen LogP contribution in [0.2, 0.25) is 0 Å². The zero-order valence-electron chi connectivity index (χ0n) is 7.33. The number of methoxy groups -OCH3 is 1. The molecule has 1 heterocycles. The van der Waals surface area contributed by atoms with Crippen LogP contribution in [0.4, 0.5) is 4.79 Å². The summed E-state index contributed by atoms with van der Waals surface area (Å²) in [4.78, 5) is 23.5. The number of nitrogens with one attached hydrogen (secondary N) is 1. The Labute approximate surface area is 70.7 Å². The fraction of sp³-hybridized carbons (Fsp3) is 0.714. The van der Waals surface area contributed by atoms with E-state index in [0.717, 1.165) is 0 Å². The first-order chi connectivity index (χ1) is 5.57. The Hall–Kier alpha value is -1.26. The molecule has 0 saturated carbocycles. The van der Waals surface area contributed by atoms with Gasteiger partial charge in [-0.25, -0.2) is 9.59 Å². The molecule has 1 aliphatic heterocycles. The molecule has 1 rings (SSSR count). The average molecular weight is 172 g/mol. The van der Waals surface area contributed by atoms with Gasteiger partial charge in [-0.3, -0.25) is 0 Å². The zero-order valence-corrected chi connectivity index (χ0v) is 7.33. The minimum Gasteiger partial charge on any atom is -0.467 e. The Balaban J connectivity index is 2.70. The second-order valence-corrected chi connectivity index (χ2v) is 2.80. The van der Waals surface area contributed by atoms with E-state index in [1.165, 1.54) is 12.0 Å². The van der Waals surface area contributed by atoms with E-state index in [4.69, 9.17) is 0 Å². The number of carbonyl (C=O) groups is 2. The molecule has 5 heteroatoms. The van der Waals surface area contributed by atoms with Crippen molar-refractivity contribution in [3.05, 3.63) is 0 Å². The van der Waals surface area contributed by atoms with E-state index in [1.807, 2.05) is 0 Å². The summed E-state index contributed by atoms with van der Waals surface area (Å²) in [5.74, 6) is -0.403. The molecule has 68 valence electrons. The predicted octanol–water partition coefficient (Wildman–Crippen LogP) is -0.429. The van der Waals surface area contributed by atoms with Crippen LogP contribution in [0, 0.1) is 0 Å². The molecule has 1 aliphatic rings. The number of amides is 2. The van der Waals surface area contributed by atoms with Gasteiger partial charge in [0.05, 0.1) is 13.2 Å². The van der Waals surface area contributed by atoms with Crippen LogP contribution < -0.4 is 5.32 Å². The molecule has 1 saturated heterocycles. The lowest BCUT2D eigenvalue weighted by molar-refractivity contribution is -0.143.